The van der Waals surface area contributed by atoms with Crippen LogP contribution in [0.25, 0.3) is 0 Å². The van der Waals surface area contributed by atoms with E-state index in [1.807, 2.05) is 36.4 Å². The van der Waals surface area contributed by atoms with Crippen LogP contribution in [0, 0.1) is 0 Å². The Hall–Kier alpha value is -2.78. The fraction of sp³-hybridized carbons (Fsp3) is 0.226. The van der Waals surface area contributed by atoms with Gasteiger partial charge < -0.3 is 10.1 Å². The van der Waals surface area contributed by atoms with Crippen LogP contribution in [0.15, 0.2) is 109 Å². The molecule has 0 radical (unpaired) electrons. The van der Waals surface area contributed by atoms with E-state index >= 15 is 0 Å². The Kier molecular flexibility index (Phi) is 10.7. The van der Waals surface area contributed by atoms with Gasteiger partial charge >= 0.3 is 0 Å². The third-order valence-electron chi connectivity index (χ3n) is 6.11. The van der Waals surface area contributed by atoms with Crippen molar-refractivity contribution in [3.8, 4) is 5.75 Å². The van der Waals surface area contributed by atoms with E-state index < -0.39 is 0 Å². The molecule has 182 valence electrons. The summed E-state index contributed by atoms with van der Waals surface area (Å²) in [6, 6.07) is 38.1. The highest BCUT2D eigenvalue weighted by molar-refractivity contribution is 6.30. The molecular formula is C31H33Cl2NO. The zero-order chi connectivity index (χ0) is 23.6. The average molecular weight is 507 g/mol. The van der Waals surface area contributed by atoms with Gasteiger partial charge in [-0.05, 0) is 66.8 Å². The summed E-state index contributed by atoms with van der Waals surface area (Å²) in [7, 11) is 0. The van der Waals surface area contributed by atoms with E-state index in [0.29, 0.717) is 18.6 Å². The van der Waals surface area contributed by atoms with Crippen molar-refractivity contribution in [3.63, 3.8) is 0 Å². The number of ether oxygens (including phenoxy) is 1. The van der Waals surface area contributed by atoms with Gasteiger partial charge in [0.25, 0.3) is 0 Å². The van der Waals surface area contributed by atoms with Crippen LogP contribution in [-0.2, 0) is 13.0 Å². The van der Waals surface area contributed by atoms with Gasteiger partial charge in [-0.2, -0.15) is 0 Å². The molecule has 0 spiro atoms. The highest BCUT2D eigenvalue weighted by Gasteiger charge is 2.15. The molecule has 0 saturated heterocycles. The first-order chi connectivity index (χ1) is 16.7. The fourth-order valence-corrected chi connectivity index (χ4v) is 4.59. The van der Waals surface area contributed by atoms with Crippen LogP contribution in [-0.4, -0.2) is 12.6 Å². The summed E-state index contributed by atoms with van der Waals surface area (Å²) in [6.07, 6.45) is 1.96. The lowest BCUT2D eigenvalue weighted by molar-refractivity contribution is 0.302. The van der Waals surface area contributed by atoms with E-state index in [-0.39, 0.29) is 12.4 Å². The number of nitrogens with one attached hydrogen (secondary N) is 1. The lowest BCUT2D eigenvalue weighted by Gasteiger charge is -2.21. The van der Waals surface area contributed by atoms with Gasteiger partial charge in [0.05, 0.1) is 0 Å². The minimum Gasteiger partial charge on any atom is -0.489 e. The van der Waals surface area contributed by atoms with Crippen LogP contribution in [0.1, 0.15) is 41.5 Å². The topological polar surface area (TPSA) is 21.3 Å². The molecule has 2 nitrogen and oxygen atoms in total. The molecule has 0 aliphatic heterocycles. The van der Waals surface area contributed by atoms with Crippen LogP contribution in [0.5, 0.6) is 5.75 Å². The van der Waals surface area contributed by atoms with E-state index in [1.165, 1.54) is 16.7 Å². The average Bonchev–Trinajstić information content (AvgIpc) is 2.87. The molecule has 4 rings (SSSR count). The molecule has 0 aromatic heterocycles. The van der Waals surface area contributed by atoms with Gasteiger partial charge in [-0.1, -0.05) is 103 Å². The van der Waals surface area contributed by atoms with E-state index in [2.05, 4.69) is 85.0 Å². The molecule has 0 heterocycles. The molecule has 0 amide bonds. The molecule has 4 heteroatoms. The summed E-state index contributed by atoms with van der Waals surface area (Å²) in [4.78, 5) is 0. The Balaban J connectivity index is 0.00000342. The summed E-state index contributed by atoms with van der Waals surface area (Å²) < 4.78 is 6.15. The number of rotatable bonds is 11. The summed E-state index contributed by atoms with van der Waals surface area (Å²) in [5.41, 5.74) is 5.01. The summed E-state index contributed by atoms with van der Waals surface area (Å²) in [6.45, 7) is 3.70. The Morgan fingerprint density at radius 2 is 1.40 bits per heavy atom. The van der Waals surface area contributed by atoms with Crippen LogP contribution in [0.2, 0.25) is 5.02 Å². The van der Waals surface area contributed by atoms with Crippen molar-refractivity contribution in [2.45, 2.75) is 38.3 Å². The highest BCUT2D eigenvalue weighted by Crippen LogP contribution is 2.27. The zero-order valence-electron chi connectivity index (χ0n) is 20.1. The van der Waals surface area contributed by atoms with Gasteiger partial charge in [0.2, 0.25) is 0 Å². The first-order valence-corrected chi connectivity index (χ1v) is 12.4. The predicted octanol–water partition coefficient (Wildman–Crippen LogP) is 8.08. The van der Waals surface area contributed by atoms with Gasteiger partial charge in [0, 0.05) is 17.0 Å². The van der Waals surface area contributed by atoms with Crippen molar-refractivity contribution >= 4 is 24.0 Å². The molecule has 1 unspecified atom stereocenters. The Morgan fingerprint density at radius 1 is 0.771 bits per heavy atom. The molecule has 1 N–H and O–H groups in total. The quantitative estimate of drug-likeness (QED) is 0.222. The smallest absolute Gasteiger partial charge is 0.123 e. The Morgan fingerprint density at radius 3 is 2.06 bits per heavy atom. The van der Waals surface area contributed by atoms with E-state index in [4.69, 9.17) is 16.3 Å². The number of halogens is 2. The number of benzene rings is 4. The fourth-order valence-electron chi connectivity index (χ4n) is 4.37. The Labute approximate surface area is 220 Å². The first kappa shape index (κ1) is 26.8. The minimum atomic E-state index is 0. The van der Waals surface area contributed by atoms with Crippen molar-refractivity contribution < 1.29 is 4.74 Å². The second-order valence-electron chi connectivity index (χ2n) is 8.75. The molecule has 4 aromatic rings. The largest absolute Gasteiger partial charge is 0.489 e. The van der Waals surface area contributed by atoms with Crippen LogP contribution in [0.4, 0.5) is 0 Å². The maximum atomic E-state index is 6.15. The second kappa shape index (κ2) is 13.9. The van der Waals surface area contributed by atoms with Crippen LogP contribution < -0.4 is 10.1 Å². The molecule has 0 saturated carbocycles. The van der Waals surface area contributed by atoms with E-state index in [9.17, 15) is 0 Å². The van der Waals surface area contributed by atoms with Crippen molar-refractivity contribution in [3.05, 3.63) is 136 Å². The first-order valence-electron chi connectivity index (χ1n) is 12.0. The number of hydrogen-bond donors (Lipinski definition) is 1. The monoisotopic (exact) mass is 505 g/mol. The van der Waals surface area contributed by atoms with Gasteiger partial charge in [-0.25, -0.2) is 0 Å². The van der Waals surface area contributed by atoms with Crippen molar-refractivity contribution in [1.29, 1.82) is 0 Å². The summed E-state index contributed by atoms with van der Waals surface area (Å²) in [5.74, 6) is 1.32. The lowest BCUT2D eigenvalue weighted by atomic mass is 9.88. The van der Waals surface area contributed by atoms with E-state index in [0.717, 1.165) is 35.7 Å². The summed E-state index contributed by atoms with van der Waals surface area (Å²) >= 11 is 6.11. The minimum absolute atomic E-state index is 0. The predicted molar refractivity (Wildman–Crippen MR) is 150 cm³/mol. The van der Waals surface area contributed by atoms with E-state index in [1.54, 1.807) is 0 Å². The summed E-state index contributed by atoms with van der Waals surface area (Å²) in [5, 5.41) is 4.47. The van der Waals surface area contributed by atoms with Crippen molar-refractivity contribution in [2.24, 2.45) is 0 Å². The highest BCUT2D eigenvalue weighted by atomic mass is 35.5. The normalized spacial score (nSPS) is 11.6. The molecule has 35 heavy (non-hydrogen) atoms. The van der Waals surface area contributed by atoms with Gasteiger partial charge in [0.15, 0.2) is 0 Å². The van der Waals surface area contributed by atoms with Crippen LogP contribution in [0.3, 0.4) is 0 Å². The molecule has 1 atom stereocenters. The number of hydrogen-bond acceptors (Lipinski definition) is 2. The Bertz CT molecular complexity index is 1110. The molecule has 4 aromatic carbocycles. The van der Waals surface area contributed by atoms with Crippen molar-refractivity contribution in [1.82, 2.24) is 5.32 Å². The van der Waals surface area contributed by atoms with Crippen LogP contribution >= 0.6 is 24.0 Å². The maximum absolute atomic E-state index is 6.15. The molecule has 0 fully saturated rings. The van der Waals surface area contributed by atoms with Gasteiger partial charge in [0.1, 0.15) is 12.4 Å². The second-order valence-corrected chi connectivity index (χ2v) is 9.18. The van der Waals surface area contributed by atoms with Crippen molar-refractivity contribution in [2.75, 3.05) is 6.54 Å². The number of para-hydroxylation sites is 1. The SMILES string of the molecule is CC(Cc1ccccc1OCc1cccc(Cl)c1)NCCC(c1ccccc1)c1ccccc1.Cl. The standard InChI is InChI=1S/C31H32ClNO.ClH/c1-24(21-28-16-8-9-18-31(28)34-23-25-11-10-17-29(32)22-25)33-20-19-30(26-12-4-2-5-13-26)27-14-6-3-7-15-27;/h2-18,22,24,30,33H,19-21,23H2,1H3;1H. The zero-order valence-corrected chi connectivity index (χ0v) is 21.6. The molecule has 0 aliphatic rings. The van der Waals surface area contributed by atoms with Gasteiger partial charge in [-0.15, -0.1) is 12.4 Å². The van der Waals surface area contributed by atoms with Gasteiger partial charge in [-0.3, -0.25) is 0 Å². The lowest BCUT2D eigenvalue weighted by Crippen LogP contribution is -2.30. The third-order valence-corrected chi connectivity index (χ3v) is 6.35. The molecule has 0 aliphatic carbocycles. The molecular weight excluding hydrogens is 473 g/mol. The molecule has 0 bridgehead atoms. The third kappa shape index (κ3) is 8.14. The maximum Gasteiger partial charge on any atom is 0.123 e.